The molecule has 0 radical (unpaired) electrons. The highest BCUT2D eigenvalue weighted by atomic mass is 16.2. The van der Waals surface area contributed by atoms with Crippen molar-refractivity contribution in [3.8, 4) is 6.07 Å². The van der Waals surface area contributed by atoms with Crippen LogP contribution in [0.3, 0.4) is 0 Å². The van der Waals surface area contributed by atoms with Crippen LogP contribution in [0.2, 0.25) is 0 Å². The van der Waals surface area contributed by atoms with Crippen LogP contribution in [0.15, 0.2) is 66.4 Å². The van der Waals surface area contributed by atoms with Crippen LogP contribution in [0, 0.1) is 11.3 Å². The van der Waals surface area contributed by atoms with Gasteiger partial charge in [0.1, 0.15) is 11.6 Å². The molecule has 2 heterocycles. The minimum atomic E-state index is -0.192. The van der Waals surface area contributed by atoms with Crippen LogP contribution in [0.5, 0.6) is 0 Å². The number of anilines is 1. The van der Waals surface area contributed by atoms with Gasteiger partial charge in [0.05, 0.1) is 0 Å². The normalized spacial score (nSPS) is 14.9. The largest absolute Gasteiger partial charge is 0.368 e. The lowest BCUT2D eigenvalue weighted by Gasteiger charge is -2.36. The zero-order valence-corrected chi connectivity index (χ0v) is 15.9. The molecule has 5 nitrogen and oxygen atoms in total. The van der Waals surface area contributed by atoms with E-state index in [0.717, 1.165) is 29.6 Å². The first-order valence-electron chi connectivity index (χ1n) is 9.42. The van der Waals surface area contributed by atoms with Gasteiger partial charge in [0.25, 0.3) is 5.91 Å². The number of carbonyl (C=O) groups is 1. The number of amides is 1. The highest BCUT2D eigenvalue weighted by Crippen LogP contribution is 2.23. The molecular weight excluding hydrogens is 348 g/mol. The Bertz CT molecular complexity index is 1070. The Hall–Kier alpha value is -3.52. The Kier molecular flexibility index (Phi) is 4.86. The number of hydrogen-bond acceptors (Lipinski definition) is 3. The van der Waals surface area contributed by atoms with E-state index in [1.165, 1.54) is 5.69 Å². The number of hydrogen-bond donors (Lipinski definition) is 0. The number of benzene rings is 2. The Morgan fingerprint density at radius 2 is 1.68 bits per heavy atom. The summed E-state index contributed by atoms with van der Waals surface area (Å²) in [5.41, 5.74) is 3.33. The first-order valence-corrected chi connectivity index (χ1v) is 9.42. The van der Waals surface area contributed by atoms with Crippen LogP contribution >= 0.6 is 0 Å². The maximum absolute atomic E-state index is 12.9. The van der Waals surface area contributed by atoms with E-state index in [-0.39, 0.29) is 11.5 Å². The van der Waals surface area contributed by atoms with E-state index in [2.05, 4.69) is 23.1 Å². The van der Waals surface area contributed by atoms with E-state index in [0.29, 0.717) is 13.1 Å². The van der Waals surface area contributed by atoms with Crippen LogP contribution in [0.25, 0.3) is 17.0 Å². The van der Waals surface area contributed by atoms with Crippen molar-refractivity contribution in [2.45, 2.75) is 0 Å². The molecule has 5 heteroatoms. The van der Waals surface area contributed by atoms with Gasteiger partial charge in [-0.25, -0.2) is 0 Å². The number of carbonyl (C=O) groups excluding carboxylic acids is 1. The molecule has 1 saturated heterocycles. The summed E-state index contributed by atoms with van der Waals surface area (Å²) < 4.78 is 2.01. The second-order valence-corrected chi connectivity index (χ2v) is 7.00. The van der Waals surface area contributed by atoms with E-state index >= 15 is 0 Å². The van der Waals surface area contributed by atoms with Crippen LogP contribution < -0.4 is 4.90 Å². The summed E-state index contributed by atoms with van der Waals surface area (Å²) in [5.74, 6) is -0.192. The lowest BCUT2D eigenvalue weighted by Crippen LogP contribution is -2.49. The van der Waals surface area contributed by atoms with Gasteiger partial charge in [0.15, 0.2) is 0 Å². The number of nitriles is 1. The zero-order valence-electron chi connectivity index (χ0n) is 15.9. The maximum Gasteiger partial charge on any atom is 0.264 e. The van der Waals surface area contributed by atoms with Crippen molar-refractivity contribution >= 4 is 28.6 Å². The lowest BCUT2D eigenvalue weighted by molar-refractivity contribution is -0.126. The summed E-state index contributed by atoms with van der Waals surface area (Å²) >= 11 is 0. The van der Waals surface area contributed by atoms with Gasteiger partial charge in [0, 0.05) is 61.6 Å². The Labute approximate surface area is 164 Å². The fraction of sp³-hybridized carbons (Fsp3) is 0.217. The van der Waals surface area contributed by atoms with Gasteiger partial charge in [-0.2, -0.15) is 5.26 Å². The number of rotatable bonds is 3. The molecule has 3 aromatic rings. The van der Waals surface area contributed by atoms with Crippen molar-refractivity contribution in [1.29, 1.82) is 5.26 Å². The van der Waals surface area contributed by atoms with Crippen molar-refractivity contribution in [2.75, 3.05) is 31.1 Å². The van der Waals surface area contributed by atoms with Gasteiger partial charge in [-0.3, -0.25) is 4.79 Å². The SMILES string of the molecule is Cn1cc(/C=C(/C#N)C(=O)N2CCN(c3ccccc3)CC2)c2ccccc21. The van der Waals surface area contributed by atoms with Crippen molar-refractivity contribution in [3.05, 3.63) is 71.9 Å². The summed E-state index contributed by atoms with van der Waals surface area (Å²) in [7, 11) is 1.97. The van der Waals surface area contributed by atoms with Crippen molar-refractivity contribution < 1.29 is 4.79 Å². The molecule has 0 N–H and O–H groups in total. The fourth-order valence-corrected chi connectivity index (χ4v) is 3.76. The average molecular weight is 370 g/mol. The first-order chi connectivity index (χ1) is 13.7. The molecular formula is C23H22N4O. The molecule has 2 aromatic carbocycles. The number of aryl methyl sites for hydroxylation is 1. The quantitative estimate of drug-likeness (QED) is 0.524. The van der Waals surface area contributed by atoms with Gasteiger partial charge in [0.2, 0.25) is 0 Å². The summed E-state index contributed by atoms with van der Waals surface area (Å²) in [5, 5.41) is 10.7. The molecule has 1 fully saturated rings. The highest BCUT2D eigenvalue weighted by Gasteiger charge is 2.24. The van der Waals surface area contributed by atoms with Gasteiger partial charge in [-0.05, 0) is 24.3 Å². The molecule has 0 spiro atoms. The summed E-state index contributed by atoms with van der Waals surface area (Å²) in [6.07, 6.45) is 3.68. The molecule has 140 valence electrons. The van der Waals surface area contributed by atoms with Crippen molar-refractivity contribution in [1.82, 2.24) is 9.47 Å². The summed E-state index contributed by atoms with van der Waals surface area (Å²) in [4.78, 5) is 17.0. The molecule has 28 heavy (non-hydrogen) atoms. The topological polar surface area (TPSA) is 52.3 Å². The molecule has 0 atom stereocenters. The Morgan fingerprint density at radius 3 is 2.39 bits per heavy atom. The third-order valence-corrected chi connectivity index (χ3v) is 5.27. The minimum Gasteiger partial charge on any atom is -0.368 e. The van der Waals surface area contributed by atoms with Crippen molar-refractivity contribution in [2.24, 2.45) is 7.05 Å². The molecule has 0 unspecified atom stereocenters. The minimum absolute atomic E-state index is 0.185. The number of piperazine rings is 1. The number of aromatic nitrogens is 1. The van der Waals surface area contributed by atoms with Crippen molar-refractivity contribution in [3.63, 3.8) is 0 Å². The predicted molar refractivity (Wildman–Crippen MR) is 112 cm³/mol. The van der Waals surface area contributed by atoms with E-state index in [4.69, 9.17) is 0 Å². The highest BCUT2D eigenvalue weighted by molar-refractivity contribution is 6.04. The molecule has 0 aliphatic carbocycles. The van der Waals surface area contributed by atoms with Gasteiger partial charge in [-0.1, -0.05) is 36.4 Å². The second kappa shape index (κ2) is 7.61. The fourth-order valence-electron chi connectivity index (χ4n) is 3.76. The number of para-hydroxylation sites is 2. The molecule has 1 aromatic heterocycles. The standard InChI is InChI=1S/C23H22N4O/c1-25-17-19(21-9-5-6-10-22(21)25)15-18(16-24)23(28)27-13-11-26(12-14-27)20-7-3-2-4-8-20/h2-10,15,17H,11-14H2,1H3/b18-15-. The van der Waals surface area contributed by atoms with Gasteiger partial charge >= 0.3 is 0 Å². The predicted octanol–water partition coefficient (Wildman–Crippen LogP) is 3.43. The third kappa shape index (κ3) is 3.37. The molecule has 1 amide bonds. The van der Waals surface area contributed by atoms with Crippen LogP contribution in [-0.2, 0) is 11.8 Å². The Morgan fingerprint density at radius 1 is 1.00 bits per heavy atom. The van der Waals surface area contributed by atoms with E-state index < -0.39 is 0 Å². The van der Waals surface area contributed by atoms with E-state index in [9.17, 15) is 10.1 Å². The molecule has 1 aliphatic heterocycles. The number of nitrogens with zero attached hydrogens (tertiary/aromatic N) is 4. The molecule has 0 saturated carbocycles. The molecule has 0 bridgehead atoms. The third-order valence-electron chi connectivity index (χ3n) is 5.27. The molecule has 1 aliphatic rings. The van der Waals surface area contributed by atoms with E-state index in [1.54, 1.807) is 11.0 Å². The van der Waals surface area contributed by atoms with Crippen LogP contribution in [0.4, 0.5) is 5.69 Å². The first kappa shape index (κ1) is 17.9. The van der Waals surface area contributed by atoms with Gasteiger partial charge < -0.3 is 14.4 Å². The van der Waals surface area contributed by atoms with Crippen LogP contribution in [0.1, 0.15) is 5.56 Å². The average Bonchev–Trinajstić information content (AvgIpc) is 3.08. The maximum atomic E-state index is 12.9. The lowest BCUT2D eigenvalue weighted by atomic mass is 10.1. The smallest absolute Gasteiger partial charge is 0.264 e. The van der Waals surface area contributed by atoms with E-state index in [1.807, 2.05) is 60.3 Å². The van der Waals surface area contributed by atoms with Crippen LogP contribution in [-0.4, -0.2) is 41.6 Å². The zero-order chi connectivity index (χ0) is 19.5. The number of fused-ring (bicyclic) bond motifs is 1. The van der Waals surface area contributed by atoms with Gasteiger partial charge in [-0.15, -0.1) is 0 Å². The molecule has 4 rings (SSSR count). The Balaban J connectivity index is 1.52. The monoisotopic (exact) mass is 370 g/mol. The second-order valence-electron chi connectivity index (χ2n) is 7.00. The summed E-state index contributed by atoms with van der Waals surface area (Å²) in [6, 6.07) is 20.3. The summed E-state index contributed by atoms with van der Waals surface area (Å²) in [6.45, 7) is 2.76.